The number of alkyl halides is 3. The van der Waals surface area contributed by atoms with Crippen LogP contribution in [0.15, 0.2) is 58.6 Å². The van der Waals surface area contributed by atoms with Gasteiger partial charge in [-0.25, -0.2) is 18.4 Å². The Bertz CT molecular complexity index is 1370. The molecule has 0 amide bonds. The molecule has 1 aromatic carbocycles. The lowest BCUT2D eigenvalue weighted by Crippen LogP contribution is -2.39. The number of hydrogen-bond acceptors (Lipinski definition) is 7. The number of rotatable bonds is 5. The van der Waals surface area contributed by atoms with Crippen molar-refractivity contribution in [2.75, 3.05) is 24.2 Å². The van der Waals surface area contributed by atoms with Crippen molar-refractivity contribution in [3.8, 4) is 11.4 Å². The fraction of sp³-hybridized carbons (Fsp3) is 0.318. The Kier molecular flexibility index (Phi) is 6.78. The van der Waals surface area contributed by atoms with E-state index in [4.69, 9.17) is 16.3 Å². The number of halogens is 4. The summed E-state index contributed by atoms with van der Waals surface area (Å²) >= 11 is 6.35. The molecule has 0 spiro atoms. The first-order valence-electron chi connectivity index (χ1n) is 10.5. The molecule has 0 unspecified atom stereocenters. The highest BCUT2D eigenvalue weighted by molar-refractivity contribution is 7.90. The summed E-state index contributed by atoms with van der Waals surface area (Å²) in [5.41, 5.74) is -0.872. The minimum atomic E-state index is -4.49. The largest absolute Gasteiger partial charge is 0.488 e. The molecule has 0 N–H and O–H groups in total. The third-order valence-corrected chi connectivity index (χ3v) is 6.91. The van der Waals surface area contributed by atoms with Crippen molar-refractivity contribution in [2.45, 2.75) is 30.0 Å². The van der Waals surface area contributed by atoms with Crippen LogP contribution in [0.25, 0.3) is 5.69 Å². The van der Waals surface area contributed by atoms with Gasteiger partial charge >= 0.3 is 6.18 Å². The van der Waals surface area contributed by atoms with E-state index in [1.54, 1.807) is 4.90 Å². The summed E-state index contributed by atoms with van der Waals surface area (Å²) in [6, 6.07) is 7.09. The Morgan fingerprint density at radius 3 is 2.23 bits per heavy atom. The van der Waals surface area contributed by atoms with Crippen LogP contribution >= 0.6 is 11.6 Å². The Morgan fingerprint density at radius 1 is 1.09 bits per heavy atom. The normalized spacial score (nSPS) is 15.3. The highest BCUT2D eigenvalue weighted by atomic mass is 35.5. The average Bonchev–Trinajstić information content (AvgIpc) is 2.81. The van der Waals surface area contributed by atoms with Gasteiger partial charge in [-0.15, -0.1) is 0 Å². The van der Waals surface area contributed by atoms with Crippen LogP contribution in [0.5, 0.6) is 5.75 Å². The minimum absolute atomic E-state index is 0.133. The summed E-state index contributed by atoms with van der Waals surface area (Å²) in [5, 5.41) is 0.199. The minimum Gasteiger partial charge on any atom is -0.488 e. The topological polar surface area (TPSA) is 94.4 Å². The van der Waals surface area contributed by atoms with Crippen molar-refractivity contribution in [1.29, 1.82) is 0 Å². The molecule has 4 rings (SSSR count). The zero-order chi connectivity index (χ0) is 25.4. The Morgan fingerprint density at radius 2 is 1.69 bits per heavy atom. The standard InChI is InChI=1S/C22H20ClF3N4O4S/c1-35(32,33)17-4-2-15(3-5-17)30-13-18(23)19(10-20(30)31)34-16-6-8-29(9-7-16)21-27-11-14(12-28-21)22(24,25)26/h2-5,10-13,16H,6-9H2,1H3. The zero-order valence-corrected chi connectivity index (χ0v) is 19.9. The van der Waals surface area contributed by atoms with E-state index >= 15 is 0 Å². The number of piperidine rings is 1. The number of pyridine rings is 1. The third-order valence-electron chi connectivity index (χ3n) is 5.50. The van der Waals surface area contributed by atoms with Gasteiger partial charge in [0, 0.05) is 62.5 Å². The van der Waals surface area contributed by atoms with Crippen LogP contribution in [0.2, 0.25) is 5.02 Å². The highest BCUT2D eigenvalue weighted by Gasteiger charge is 2.32. The van der Waals surface area contributed by atoms with Crippen molar-refractivity contribution in [1.82, 2.24) is 14.5 Å². The van der Waals surface area contributed by atoms with Crippen LogP contribution in [0.4, 0.5) is 19.1 Å². The quantitative estimate of drug-likeness (QED) is 0.498. The lowest BCUT2D eigenvalue weighted by molar-refractivity contribution is -0.138. The summed E-state index contributed by atoms with van der Waals surface area (Å²) in [4.78, 5) is 22.2. The maximum atomic E-state index is 12.7. The number of ether oxygens (including phenoxy) is 1. The van der Waals surface area contributed by atoms with Crippen LogP contribution in [0.1, 0.15) is 18.4 Å². The van der Waals surface area contributed by atoms with Gasteiger partial charge in [0.05, 0.1) is 15.5 Å². The number of hydrogen-bond donors (Lipinski definition) is 0. The summed E-state index contributed by atoms with van der Waals surface area (Å²) < 4.78 is 68.6. The third kappa shape index (κ3) is 5.76. The molecule has 0 radical (unpaired) electrons. The van der Waals surface area contributed by atoms with Gasteiger partial charge in [-0.1, -0.05) is 11.6 Å². The highest BCUT2D eigenvalue weighted by Crippen LogP contribution is 2.30. The van der Waals surface area contributed by atoms with Gasteiger partial charge in [-0.3, -0.25) is 9.36 Å². The van der Waals surface area contributed by atoms with E-state index in [1.165, 1.54) is 41.1 Å². The smallest absolute Gasteiger partial charge is 0.419 e. The Hall–Kier alpha value is -3.12. The van der Waals surface area contributed by atoms with Gasteiger partial charge in [0.25, 0.3) is 5.56 Å². The number of anilines is 1. The maximum absolute atomic E-state index is 12.7. The molecule has 0 aliphatic carbocycles. The molecule has 1 fully saturated rings. The first-order valence-corrected chi connectivity index (χ1v) is 12.7. The SMILES string of the molecule is CS(=O)(=O)c1ccc(-n2cc(Cl)c(OC3CCN(c4ncc(C(F)(F)F)cn4)CC3)cc2=O)cc1. The lowest BCUT2D eigenvalue weighted by atomic mass is 10.1. The molecule has 3 heterocycles. The Labute approximate surface area is 203 Å². The van der Waals surface area contributed by atoms with E-state index in [0.29, 0.717) is 31.6 Å². The fourth-order valence-corrected chi connectivity index (χ4v) is 4.45. The molecule has 13 heteroatoms. The maximum Gasteiger partial charge on any atom is 0.419 e. The molecule has 1 aliphatic rings. The van der Waals surface area contributed by atoms with E-state index in [9.17, 15) is 26.4 Å². The molecule has 0 saturated carbocycles. The van der Waals surface area contributed by atoms with E-state index in [0.717, 1.165) is 18.6 Å². The predicted octanol–water partition coefficient (Wildman–Crippen LogP) is 3.75. The van der Waals surface area contributed by atoms with E-state index in [2.05, 4.69) is 9.97 Å². The van der Waals surface area contributed by atoms with E-state index < -0.39 is 27.1 Å². The summed E-state index contributed by atoms with van der Waals surface area (Å²) in [6.07, 6.45) is 0.309. The van der Waals surface area contributed by atoms with Crippen molar-refractivity contribution in [3.05, 3.63) is 69.9 Å². The zero-order valence-electron chi connectivity index (χ0n) is 18.4. The molecule has 8 nitrogen and oxygen atoms in total. The number of nitrogens with zero attached hydrogens (tertiary/aromatic N) is 4. The molecule has 186 valence electrons. The molecule has 0 atom stereocenters. The monoisotopic (exact) mass is 528 g/mol. The first kappa shape index (κ1) is 25.0. The summed E-state index contributed by atoms with van der Waals surface area (Å²) in [7, 11) is -3.36. The summed E-state index contributed by atoms with van der Waals surface area (Å²) in [6.45, 7) is 0.912. The predicted molar refractivity (Wildman–Crippen MR) is 123 cm³/mol. The molecule has 1 saturated heterocycles. The van der Waals surface area contributed by atoms with Crippen LogP contribution in [0, 0.1) is 0 Å². The lowest BCUT2D eigenvalue weighted by Gasteiger charge is -2.32. The van der Waals surface area contributed by atoms with Gasteiger partial charge in [0.2, 0.25) is 5.95 Å². The number of sulfone groups is 1. The van der Waals surface area contributed by atoms with Crippen molar-refractivity contribution < 1.29 is 26.3 Å². The first-order chi connectivity index (χ1) is 16.4. The molecule has 1 aliphatic heterocycles. The van der Waals surface area contributed by atoms with Crippen LogP contribution in [0.3, 0.4) is 0 Å². The van der Waals surface area contributed by atoms with Crippen LogP contribution in [-0.2, 0) is 16.0 Å². The fourth-order valence-electron chi connectivity index (χ4n) is 3.62. The van der Waals surface area contributed by atoms with Gasteiger partial charge in [-0.2, -0.15) is 13.2 Å². The van der Waals surface area contributed by atoms with Gasteiger partial charge in [0.1, 0.15) is 11.9 Å². The molecular formula is C22H20ClF3N4O4S. The van der Waals surface area contributed by atoms with Gasteiger partial charge in [-0.05, 0) is 24.3 Å². The van der Waals surface area contributed by atoms with Crippen LogP contribution < -0.4 is 15.2 Å². The summed E-state index contributed by atoms with van der Waals surface area (Å²) in [5.74, 6) is 0.420. The van der Waals surface area contributed by atoms with E-state index in [1.807, 2.05) is 0 Å². The van der Waals surface area contributed by atoms with Crippen molar-refractivity contribution in [2.24, 2.45) is 0 Å². The Balaban J connectivity index is 1.41. The second kappa shape index (κ2) is 9.50. The molecule has 0 bridgehead atoms. The van der Waals surface area contributed by atoms with Gasteiger partial charge < -0.3 is 9.64 Å². The second-order valence-corrected chi connectivity index (χ2v) is 10.5. The molecule has 2 aromatic heterocycles. The number of aromatic nitrogens is 3. The van der Waals surface area contributed by atoms with E-state index in [-0.39, 0.29) is 27.7 Å². The van der Waals surface area contributed by atoms with Gasteiger partial charge in [0.15, 0.2) is 9.84 Å². The second-order valence-electron chi connectivity index (χ2n) is 8.03. The van der Waals surface area contributed by atoms with Crippen molar-refractivity contribution >= 4 is 27.4 Å². The van der Waals surface area contributed by atoms with Crippen LogP contribution in [-0.4, -0.2) is 48.4 Å². The number of benzene rings is 1. The van der Waals surface area contributed by atoms with Crippen molar-refractivity contribution in [3.63, 3.8) is 0 Å². The molecule has 35 heavy (non-hydrogen) atoms. The average molecular weight is 529 g/mol. The molecular weight excluding hydrogens is 509 g/mol. The molecule has 3 aromatic rings.